The summed E-state index contributed by atoms with van der Waals surface area (Å²) in [6, 6.07) is 1.63. The molecule has 0 saturated heterocycles. The number of amidine groups is 2. The fraction of sp³-hybridized carbons (Fsp3) is 0.421. The van der Waals surface area contributed by atoms with Crippen molar-refractivity contribution in [2.45, 2.75) is 37.9 Å². The lowest BCUT2D eigenvalue weighted by Gasteiger charge is -2.26. The van der Waals surface area contributed by atoms with E-state index in [-0.39, 0.29) is 39.5 Å². The summed E-state index contributed by atoms with van der Waals surface area (Å²) in [6.45, 7) is 8.16. The van der Waals surface area contributed by atoms with Crippen LogP contribution in [0.25, 0.3) is 0 Å². The van der Waals surface area contributed by atoms with Crippen molar-refractivity contribution in [3.63, 3.8) is 0 Å². The van der Waals surface area contributed by atoms with Crippen LogP contribution in [-0.2, 0) is 0 Å². The maximum absolute atomic E-state index is 10.6. The van der Waals surface area contributed by atoms with E-state index in [1.807, 2.05) is 36.8 Å². The van der Waals surface area contributed by atoms with Crippen molar-refractivity contribution < 1.29 is 9.52 Å². The second-order valence-electron chi connectivity index (χ2n) is 7.46. The van der Waals surface area contributed by atoms with Gasteiger partial charge in [0.15, 0.2) is 17.4 Å². The van der Waals surface area contributed by atoms with Crippen LogP contribution in [0.4, 0.5) is 5.69 Å². The summed E-state index contributed by atoms with van der Waals surface area (Å²) < 4.78 is 8.06. The van der Waals surface area contributed by atoms with E-state index >= 15 is 0 Å². The molecule has 0 amide bonds. The Kier molecular flexibility index (Phi) is 7.08. The van der Waals surface area contributed by atoms with E-state index in [0.29, 0.717) is 5.69 Å². The second-order valence-corrected chi connectivity index (χ2v) is 10.8. The molecule has 154 valence electrons. The molecule has 0 fully saturated rings. The number of thiophene rings is 1. The van der Waals surface area contributed by atoms with E-state index in [1.54, 1.807) is 17.9 Å². The quantitative estimate of drug-likeness (QED) is 0.380. The normalized spacial score (nSPS) is 16.0. The molecule has 2 atom stereocenters. The number of nitrogens with zero attached hydrogens (tertiary/aromatic N) is 3. The van der Waals surface area contributed by atoms with Gasteiger partial charge >= 0.3 is 0 Å². The molecule has 0 aromatic carbocycles. The van der Waals surface area contributed by atoms with Crippen LogP contribution in [0.1, 0.15) is 39.3 Å². The predicted molar refractivity (Wildman–Crippen MR) is 121 cm³/mol. The fourth-order valence-corrected chi connectivity index (χ4v) is 5.77. The minimum absolute atomic E-state index is 0.0719. The Morgan fingerprint density at radius 2 is 2.00 bits per heavy atom. The first kappa shape index (κ1) is 22.2. The summed E-state index contributed by atoms with van der Waals surface area (Å²) in [6.07, 6.45) is 3.26. The number of hydrogen-bond donors (Lipinski definition) is 3. The molecule has 0 radical (unpaired) electrons. The van der Waals surface area contributed by atoms with Gasteiger partial charge in [0, 0.05) is 10.9 Å². The standard InChI is InChI=1S/C19H29N5O2S2/c1-7-28(24(5)6)18-14(25)13(11-27-18)22-16(20)17(21)23-15(19(2,3)4)12-8-9-26-10-12/h7-11,15,25H,1-6H3,(H2,20,22)(H2,21,23)/t15-,28?/m0/s1. The van der Waals surface area contributed by atoms with Crippen molar-refractivity contribution in [2.75, 3.05) is 14.1 Å². The average Bonchev–Trinajstić information content (AvgIpc) is 3.24. The van der Waals surface area contributed by atoms with E-state index in [0.717, 1.165) is 9.77 Å². The van der Waals surface area contributed by atoms with E-state index in [1.165, 1.54) is 11.3 Å². The molecule has 2 heterocycles. The molecule has 0 saturated carbocycles. The van der Waals surface area contributed by atoms with Gasteiger partial charge < -0.3 is 21.0 Å². The van der Waals surface area contributed by atoms with Gasteiger partial charge in [-0.2, -0.15) is 0 Å². The summed E-state index contributed by atoms with van der Waals surface area (Å²) >= 11 is 1.44. The predicted octanol–water partition coefficient (Wildman–Crippen LogP) is 4.11. The third-order valence-electron chi connectivity index (χ3n) is 3.97. The van der Waals surface area contributed by atoms with Crippen LogP contribution in [0.5, 0.6) is 5.75 Å². The molecule has 2 aromatic heterocycles. The molecule has 1 unspecified atom stereocenters. The summed E-state index contributed by atoms with van der Waals surface area (Å²) in [7, 11) is 3.62. The number of hydrogen-bond acceptors (Lipinski definition) is 6. The van der Waals surface area contributed by atoms with Crippen LogP contribution < -0.4 is 11.5 Å². The second kappa shape index (κ2) is 8.93. The molecule has 0 aliphatic rings. The monoisotopic (exact) mass is 423 g/mol. The highest BCUT2D eigenvalue weighted by atomic mass is 32.2. The Balaban J connectivity index is 2.37. The summed E-state index contributed by atoms with van der Waals surface area (Å²) in [4.78, 5) is 8.91. The topological polar surface area (TPSA) is 113 Å². The van der Waals surface area contributed by atoms with Gasteiger partial charge in [-0.25, -0.2) is 4.99 Å². The smallest absolute Gasteiger partial charge is 0.166 e. The van der Waals surface area contributed by atoms with Gasteiger partial charge in [0.2, 0.25) is 0 Å². The molecule has 28 heavy (non-hydrogen) atoms. The zero-order chi connectivity index (χ0) is 21.1. The minimum Gasteiger partial charge on any atom is -0.504 e. The lowest BCUT2D eigenvalue weighted by molar-refractivity contribution is 0.327. The Morgan fingerprint density at radius 3 is 2.50 bits per heavy atom. The average molecular weight is 424 g/mol. The van der Waals surface area contributed by atoms with Crippen molar-refractivity contribution >= 4 is 44.7 Å². The van der Waals surface area contributed by atoms with E-state index in [4.69, 9.17) is 15.9 Å². The summed E-state index contributed by atoms with van der Waals surface area (Å²) in [5.74, 6) is 0.322. The van der Waals surface area contributed by atoms with Gasteiger partial charge in [0.1, 0.15) is 9.90 Å². The van der Waals surface area contributed by atoms with Crippen molar-refractivity contribution in [1.82, 2.24) is 4.31 Å². The first-order valence-electron chi connectivity index (χ1n) is 8.76. The molecule has 2 aromatic rings. The minimum atomic E-state index is -0.309. The van der Waals surface area contributed by atoms with E-state index in [9.17, 15) is 5.11 Å². The first-order valence-corrected chi connectivity index (χ1v) is 10.9. The van der Waals surface area contributed by atoms with Gasteiger partial charge in [-0.1, -0.05) is 31.4 Å². The van der Waals surface area contributed by atoms with Crippen LogP contribution in [0, 0.1) is 5.41 Å². The molecule has 0 aliphatic heterocycles. The highest BCUT2D eigenvalue weighted by Gasteiger charge is 2.27. The third kappa shape index (κ3) is 5.03. The number of furan rings is 1. The fourth-order valence-electron chi connectivity index (χ4n) is 2.63. The zero-order valence-corrected chi connectivity index (χ0v) is 18.8. The maximum Gasteiger partial charge on any atom is 0.166 e. The Bertz CT molecular complexity index is 890. The molecular formula is C19H29N5O2S2. The zero-order valence-electron chi connectivity index (χ0n) is 17.1. The molecule has 7 nitrogen and oxygen atoms in total. The first-order chi connectivity index (χ1) is 13.1. The number of nitrogens with two attached hydrogens (primary N) is 2. The van der Waals surface area contributed by atoms with Crippen LogP contribution in [-0.4, -0.2) is 40.5 Å². The Morgan fingerprint density at radius 1 is 1.32 bits per heavy atom. The molecule has 0 aliphatic carbocycles. The molecule has 5 N–H and O–H groups in total. The van der Waals surface area contributed by atoms with Gasteiger partial charge in [-0.05, 0) is 37.9 Å². The SMILES string of the molecule is C/C=S(\c1scc(N=C(N)C(N)=N[C@@H](c2ccoc2)C(C)(C)C)c1O)N(C)C. The highest BCUT2D eigenvalue weighted by Crippen LogP contribution is 2.46. The molecule has 0 bridgehead atoms. The van der Waals surface area contributed by atoms with Crippen LogP contribution in [0.2, 0.25) is 0 Å². The van der Waals surface area contributed by atoms with Gasteiger partial charge in [-0.3, -0.25) is 9.30 Å². The van der Waals surface area contributed by atoms with Gasteiger partial charge in [0.05, 0.1) is 18.6 Å². The van der Waals surface area contributed by atoms with Crippen molar-refractivity contribution in [3.05, 3.63) is 29.5 Å². The molecular weight excluding hydrogens is 394 g/mol. The van der Waals surface area contributed by atoms with Crippen LogP contribution >= 0.6 is 22.0 Å². The van der Waals surface area contributed by atoms with E-state index in [2.05, 4.69) is 30.8 Å². The van der Waals surface area contributed by atoms with Crippen LogP contribution in [0.3, 0.4) is 0 Å². The molecule has 9 heteroatoms. The van der Waals surface area contributed by atoms with Crippen LogP contribution in [0.15, 0.2) is 42.6 Å². The number of aromatic hydroxyl groups is 1. The maximum atomic E-state index is 10.6. The lowest BCUT2D eigenvalue weighted by Crippen LogP contribution is -2.33. The molecule has 0 spiro atoms. The van der Waals surface area contributed by atoms with E-state index < -0.39 is 0 Å². The van der Waals surface area contributed by atoms with Gasteiger partial charge in [0.25, 0.3) is 0 Å². The summed E-state index contributed by atoms with van der Waals surface area (Å²) in [5.41, 5.74) is 13.3. The number of aliphatic imine (C=N–C) groups is 2. The Hall–Kier alpha value is -2.10. The lowest BCUT2D eigenvalue weighted by atomic mass is 9.84. The van der Waals surface area contributed by atoms with Crippen molar-refractivity contribution in [1.29, 1.82) is 0 Å². The highest BCUT2D eigenvalue weighted by molar-refractivity contribution is 8.14. The third-order valence-corrected chi connectivity index (χ3v) is 7.33. The number of rotatable bonds is 5. The largest absolute Gasteiger partial charge is 0.504 e. The Labute approximate surface area is 172 Å². The molecule has 2 rings (SSSR count). The van der Waals surface area contributed by atoms with Crippen molar-refractivity contribution in [3.8, 4) is 5.75 Å². The van der Waals surface area contributed by atoms with Gasteiger partial charge in [-0.15, -0.1) is 11.3 Å². The summed E-state index contributed by atoms with van der Waals surface area (Å²) in [5, 5.41) is 14.4. The van der Waals surface area contributed by atoms with Crippen molar-refractivity contribution in [2.24, 2.45) is 26.9 Å².